The molecule has 0 aliphatic carbocycles. The SMILES string of the molecule is CC(CC(Br)c1ccc2c(c1)CCO2)CC(C)(C)C. The zero-order valence-corrected chi connectivity index (χ0v) is 14.1. The lowest BCUT2D eigenvalue weighted by molar-refractivity contribution is 0.296. The lowest BCUT2D eigenvalue weighted by Gasteiger charge is -2.25. The molecule has 0 radical (unpaired) electrons. The first kappa shape index (κ1) is 14.9. The molecular weight excluding hydrogens is 300 g/mol. The Bertz CT molecular complexity index is 433. The molecule has 19 heavy (non-hydrogen) atoms. The maximum Gasteiger partial charge on any atom is 0.122 e. The average Bonchev–Trinajstić information content (AvgIpc) is 2.72. The van der Waals surface area contributed by atoms with Crippen LogP contribution in [0.15, 0.2) is 18.2 Å². The Morgan fingerprint density at radius 1 is 1.32 bits per heavy atom. The lowest BCUT2D eigenvalue weighted by atomic mass is 9.83. The van der Waals surface area contributed by atoms with Crippen LogP contribution >= 0.6 is 15.9 Å². The Morgan fingerprint density at radius 3 is 2.74 bits per heavy atom. The van der Waals surface area contributed by atoms with Gasteiger partial charge >= 0.3 is 0 Å². The number of ether oxygens (including phenoxy) is 1. The summed E-state index contributed by atoms with van der Waals surface area (Å²) in [5.41, 5.74) is 3.17. The predicted octanol–water partition coefficient (Wildman–Crippen LogP) is 5.52. The minimum Gasteiger partial charge on any atom is -0.493 e. The number of rotatable bonds is 4. The minimum absolute atomic E-state index is 0.415. The van der Waals surface area contributed by atoms with Crippen LogP contribution in [-0.2, 0) is 6.42 Å². The van der Waals surface area contributed by atoms with Gasteiger partial charge in [0.2, 0.25) is 0 Å². The van der Waals surface area contributed by atoms with Crippen molar-refractivity contribution in [3.05, 3.63) is 29.3 Å². The monoisotopic (exact) mass is 324 g/mol. The van der Waals surface area contributed by atoms with Crippen LogP contribution < -0.4 is 4.74 Å². The Hall–Kier alpha value is -0.500. The topological polar surface area (TPSA) is 9.23 Å². The van der Waals surface area contributed by atoms with E-state index in [-0.39, 0.29) is 0 Å². The van der Waals surface area contributed by atoms with Crippen molar-refractivity contribution in [1.29, 1.82) is 0 Å². The molecule has 2 heteroatoms. The maximum atomic E-state index is 5.56. The molecule has 0 saturated carbocycles. The normalized spacial score (nSPS) is 17.7. The smallest absolute Gasteiger partial charge is 0.122 e. The summed E-state index contributed by atoms with van der Waals surface area (Å²) < 4.78 is 5.56. The molecule has 2 rings (SSSR count). The first-order chi connectivity index (χ1) is 8.85. The summed E-state index contributed by atoms with van der Waals surface area (Å²) in [6.45, 7) is 10.2. The number of fused-ring (bicyclic) bond motifs is 1. The van der Waals surface area contributed by atoms with Crippen LogP contribution in [0, 0.1) is 11.3 Å². The van der Waals surface area contributed by atoms with Crippen LogP contribution in [0.3, 0.4) is 0 Å². The largest absolute Gasteiger partial charge is 0.493 e. The van der Waals surface area contributed by atoms with E-state index in [0.717, 1.165) is 24.7 Å². The molecule has 1 aliphatic rings. The Morgan fingerprint density at radius 2 is 2.05 bits per heavy atom. The zero-order chi connectivity index (χ0) is 14.0. The molecule has 1 aromatic carbocycles. The van der Waals surface area contributed by atoms with Crippen molar-refractivity contribution in [1.82, 2.24) is 0 Å². The van der Waals surface area contributed by atoms with E-state index in [1.54, 1.807) is 0 Å². The van der Waals surface area contributed by atoms with E-state index in [2.05, 4.69) is 61.8 Å². The quantitative estimate of drug-likeness (QED) is 0.662. The lowest BCUT2D eigenvalue weighted by Crippen LogP contribution is -2.12. The highest BCUT2D eigenvalue weighted by Crippen LogP contribution is 2.37. The van der Waals surface area contributed by atoms with E-state index in [0.29, 0.717) is 10.2 Å². The van der Waals surface area contributed by atoms with Gasteiger partial charge in [0.25, 0.3) is 0 Å². The third-order valence-corrected chi connectivity index (χ3v) is 4.55. The Balaban J connectivity index is 1.98. The molecule has 0 fully saturated rings. The number of hydrogen-bond donors (Lipinski definition) is 0. The molecule has 1 heterocycles. The third kappa shape index (κ3) is 4.24. The zero-order valence-electron chi connectivity index (χ0n) is 12.5. The van der Waals surface area contributed by atoms with E-state index in [9.17, 15) is 0 Å². The van der Waals surface area contributed by atoms with Crippen molar-refractivity contribution in [3.8, 4) is 5.75 Å². The van der Waals surface area contributed by atoms with Gasteiger partial charge in [0, 0.05) is 11.2 Å². The molecule has 2 atom stereocenters. The van der Waals surface area contributed by atoms with Gasteiger partial charge in [0.1, 0.15) is 5.75 Å². The fraction of sp³-hybridized carbons (Fsp3) is 0.647. The number of hydrogen-bond acceptors (Lipinski definition) is 1. The van der Waals surface area contributed by atoms with Gasteiger partial charge in [0.05, 0.1) is 6.61 Å². The summed E-state index contributed by atoms with van der Waals surface area (Å²) in [5, 5.41) is 0. The van der Waals surface area contributed by atoms with Crippen molar-refractivity contribution < 1.29 is 4.74 Å². The molecule has 106 valence electrons. The van der Waals surface area contributed by atoms with E-state index >= 15 is 0 Å². The van der Waals surface area contributed by atoms with Crippen LogP contribution in [-0.4, -0.2) is 6.61 Å². The predicted molar refractivity (Wildman–Crippen MR) is 85.2 cm³/mol. The highest BCUT2D eigenvalue weighted by Gasteiger charge is 2.20. The van der Waals surface area contributed by atoms with Gasteiger partial charge in [0.15, 0.2) is 0 Å². The van der Waals surface area contributed by atoms with Crippen LogP contribution in [0.2, 0.25) is 0 Å². The van der Waals surface area contributed by atoms with Gasteiger partial charge in [-0.1, -0.05) is 55.8 Å². The molecule has 2 unspecified atom stereocenters. The second-order valence-corrected chi connectivity index (χ2v) is 8.14. The van der Waals surface area contributed by atoms with E-state index in [4.69, 9.17) is 4.74 Å². The first-order valence-corrected chi connectivity index (χ1v) is 8.16. The van der Waals surface area contributed by atoms with Crippen molar-refractivity contribution >= 4 is 15.9 Å². The van der Waals surface area contributed by atoms with Gasteiger partial charge in [-0.15, -0.1) is 0 Å². The number of alkyl halides is 1. The van der Waals surface area contributed by atoms with Gasteiger partial charge in [-0.25, -0.2) is 0 Å². The Kier molecular flexibility index (Phi) is 4.60. The molecule has 1 aliphatic heterocycles. The molecule has 0 spiro atoms. The van der Waals surface area contributed by atoms with Gasteiger partial charge in [-0.3, -0.25) is 0 Å². The summed E-state index contributed by atoms with van der Waals surface area (Å²) in [6.07, 6.45) is 3.51. The van der Waals surface area contributed by atoms with E-state index in [1.807, 2.05) is 0 Å². The standard InChI is InChI=1S/C17H25BrO/c1-12(11-17(2,3)4)9-15(18)13-5-6-16-14(10-13)7-8-19-16/h5-6,10,12,15H,7-9,11H2,1-4H3. The molecule has 1 nitrogen and oxygen atoms in total. The van der Waals surface area contributed by atoms with Crippen molar-refractivity contribution in [3.63, 3.8) is 0 Å². The molecule has 0 N–H and O–H groups in total. The first-order valence-electron chi connectivity index (χ1n) is 7.25. The molecule has 0 saturated heterocycles. The highest BCUT2D eigenvalue weighted by atomic mass is 79.9. The summed E-state index contributed by atoms with van der Waals surface area (Å²) in [4.78, 5) is 0.454. The fourth-order valence-corrected chi connectivity index (χ4v) is 3.94. The van der Waals surface area contributed by atoms with Crippen molar-refractivity contribution in [2.24, 2.45) is 11.3 Å². The summed E-state index contributed by atoms with van der Waals surface area (Å²) in [6, 6.07) is 6.64. The summed E-state index contributed by atoms with van der Waals surface area (Å²) in [5.74, 6) is 1.81. The number of halogens is 1. The summed E-state index contributed by atoms with van der Waals surface area (Å²) in [7, 11) is 0. The van der Waals surface area contributed by atoms with Crippen LogP contribution in [0.1, 0.15) is 56.5 Å². The molecular formula is C17H25BrO. The molecule has 0 amide bonds. The molecule has 1 aromatic rings. The maximum absolute atomic E-state index is 5.56. The molecule has 0 aromatic heterocycles. The average molecular weight is 325 g/mol. The van der Waals surface area contributed by atoms with Crippen molar-refractivity contribution in [2.75, 3.05) is 6.61 Å². The highest BCUT2D eigenvalue weighted by molar-refractivity contribution is 9.09. The fourth-order valence-electron chi connectivity index (χ4n) is 3.02. The van der Waals surface area contributed by atoms with Crippen LogP contribution in [0.5, 0.6) is 5.75 Å². The van der Waals surface area contributed by atoms with E-state index in [1.165, 1.54) is 24.0 Å². The summed E-state index contributed by atoms with van der Waals surface area (Å²) >= 11 is 3.86. The second-order valence-electron chi connectivity index (χ2n) is 7.04. The van der Waals surface area contributed by atoms with Gasteiger partial charge in [-0.05, 0) is 41.4 Å². The van der Waals surface area contributed by atoms with E-state index < -0.39 is 0 Å². The Labute approximate surface area is 125 Å². The second kappa shape index (κ2) is 5.87. The molecule has 0 bridgehead atoms. The van der Waals surface area contributed by atoms with Crippen molar-refractivity contribution in [2.45, 2.75) is 51.8 Å². The minimum atomic E-state index is 0.415. The third-order valence-electron chi connectivity index (χ3n) is 3.65. The van der Waals surface area contributed by atoms with Crippen LogP contribution in [0.4, 0.5) is 0 Å². The van der Waals surface area contributed by atoms with Crippen LogP contribution in [0.25, 0.3) is 0 Å². The van der Waals surface area contributed by atoms with Gasteiger partial charge < -0.3 is 4.74 Å². The van der Waals surface area contributed by atoms with Gasteiger partial charge in [-0.2, -0.15) is 0 Å². The number of benzene rings is 1.